The van der Waals surface area contributed by atoms with Gasteiger partial charge in [0.1, 0.15) is 5.75 Å². The van der Waals surface area contributed by atoms with Gasteiger partial charge in [-0.2, -0.15) is 0 Å². The molecule has 1 aromatic carbocycles. The minimum absolute atomic E-state index is 0.0388. The Morgan fingerprint density at radius 3 is 2.94 bits per heavy atom. The maximum absolute atomic E-state index is 11.8. The van der Waals surface area contributed by atoms with Gasteiger partial charge in [0.05, 0.1) is 6.04 Å². The Hall–Kier alpha value is -1.55. The summed E-state index contributed by atoms with van der Waals surface area (Å²) in [5, 5.41) is 15.7. The molecule has 1 aromatic rings. The number of phenolic OH excluding ortho intramolecular Hbond substituents is 1. The summed E-state index contributed by atoms with van der Waals surface area (Å²) < 4.78 is 0. The molecule has 1 atom stereocenters. The van der Waals surface area contributed by atoms with Crippen molar-refractivity contribution in [3.8, 4) is 5.75 Å². The minimum Gasteiger partial charge on any atom is -0.508 e. The number of aromatic hydroxyl groups is 1. The summed E-state index contributed by atoms with van der Waals surface area (Å²) in [5.41, 5.74) is 0.870. The van der Waals surface area contributed by atoms with Crippen molar-refractivity contribution >= 4 is 5.91 Å². The van der Waals surface area contributed by atoms with E-state index in [0.29, 0.717) is 18.7 Å². The van der Waals surface area contributed by atoms with Gasteiger partial charge < -0.3 is 15.7 Å². The summed E-state index contributed by atoms with van der Waals surface area (Å²) in [5.74, 6) is 0.368. The number of phenols is 1. The Morgan fingerprint density at radius 1 is 1.39 bits per heavy atom. The number of carbonyl (C=O) groups excluding carboxylic acids is 1. The first kappa shape index (κ1) is 12.9. The number of hydrogen-bond donors (Lipinski definition) is 3. The number of piperidine rings is 1. The highest BCUT2D eigenvalue weighted by molar-refractivity contribution is 5.81. The second-order valence-corrected chi connectivity index (χ2v) is 4.67. The number of hydrogen-bond acceptors (Lipinski definition) is 3. The second kappa shape index (κ2) is 6.40. The average Bonchev–Trinajstić information content (AvgIpc) is 2.42. The fraction of sp³-hybridized carbons (Fsp3) is 0.500. The van der Waals surface area contributed by atoms with Crippen LogP contribution in [0.1, 0.15) is 24.8 Å². The van der Waals surface area contributed by atoms with E-state index in [0.717, 1.165) is 31.4 Å². The molecule has 0 aliphatic carbocycles. The van der Waals surface area contributed by atoms with Gasteiger partial charge in [-0.1, -0.05) is 24.6 Å². The molecule has 4 heteroatoms. The van der Waals surface area contributed by atoms with E-state index in [-0.39, 0.29) is 11.9 Å². The van der Waals surface area contributed by atoms with Crippen LogP contribution in [0.4, 0.5) is 0 Å². The average molecular weight is 248 g/mol. The van der Waals surface area contributed by atoms with Crippen molar-refractivity contribution in [1.82, 2.24) is 10.6 Å². The summed E-state index contributed by atoms with van der Waals surface area (Å²) in [7, 11) is 0. The van der Waals surface area contributed by atoms with E-state index < -0.39 is 0 Å². The van der Waals surface area contributed by atoms with Crippen molar-refractivity contribution < 1.29 is 9.90 Å². The highest BCUT2D eigenvalue weighted by Crippen LogP contribution is 2.15. The van der Waals surface area contributed by atoms with Crippen LogP contribution in [0.25, 0.3) is 0 Å². The Bertz CT molecular complexity index is 401. The molecule has 1 amide bonds. The van der Waals surface area contributed by atoms with E-state index in [9.17, 15) is 9.90 Å². The van der Waals surface area contributed by atoms with E-state index >= 15 is 0 Å². The summed E-state index contributed by atoms with van der Waals surface area (Å²) in [6, 6.07) is 7.19. The van der Waals surface area contributed by atoms with Crippen LogP contribution in [0.5, 0.6) is 5.75 Å². The number of amides is 1. The summed E-state index contributed by atoms with van der Waals surface area (Å²) in [4.78, 5) is 11.8. The van der Waals surface area contributed by atoms with Crippen molar-refractivity contribution in [3.05, 3.63) is 29.8 Å². The molecule has 0 bridgehead atoms. The number of para-hydroxylation sites is 1. The standard InChI is InChI=1S/C14H20N2O2/c17-13-7-2-1-5-11(13)8-10-16-14(18)12-6-3-4-9-15-12/h1-2,5,7,12,15,17H,3-4,6,8-10H2,(H,16,18). The monoisotopic (exact) mass is 248 g/mol. The molecule has 18 heavy (non-hydrogen) atoms. The maximum atomic E-state index is 11.8. The largest absolute Gasteiger partial charge is 0.508 e. The van der Waals surface area contributed by atoms with Crippen molar-refractivity contribution in [1.29, 1.82) is 0 Å². The summed E-state index contributed by atoms with van der Waals surface area (Å²) in [6.07, 6.45) is 3.85. The molecule has 1 unspecified atom stereocenters. The van der Waals surface area contributed by atoms with Gasteiger partial charge in [-0.25, -0.2) is 0 Å². The molecular weight excluding hydrogens is 228 g/mol. The minimum atomic E-state index is -0.0388. The normalized spacial score (nSPS) is 19.4. The molecule has 2 rings (SSSR count). The Kier molecular flexibility index (Phi) is 4.59. The van der Waals surface area contributed by atoms with Crippen molar-refractivity contribution in [2.45, 2.75) is 31.7 Å². The lowest BCUT2D eigenvalue weighted by atomic mass is 10.0. The molecule has 1 heterocycles. The summed E-state index contributed by atoms with van der Waals surface area (Å²) in [6.45, 7) is 1.49. The van der Waals surface area contributed by atoms with Crippen LogP contribution >= 0.6 is 0 Å². The zero-order valence-electron chi connectivity index (χ0n) is 10.5. The van der Waals surface area contributed by atoms with Gasteiger partial charge in [0.25, 0.3) is 0 Å². The Labute approximate surface area is 107 Å². The Balaban J connectivity index is 1.75. The van der Waals surface area contributed by atoms with Crippen LogP contribution in [-0.2, 0) is 11.2 Å². The first-order valence-corrected chi connectivity index (χ1v) is 6.55. The highest BCUT2D eigenvalue weighted by atomic mass is 16.3. The number of rotatable bonds is 4. The van der Waals surface area contributed by atoms with Crippen LogP contribution in [0.15, 0.2) is 24.3 Å². The van der Waals surface area contributed by atoms with E-state index in [1.807, 2.05) is 12.1 Å². The molecule has 0 radical (unpaired) electrons. The fourth-order valence-electron chi connectivity index (χ4n) is 2.24. The molecule has 98 valence electrons. The maximum Gasteiger partial charge on any atom is 0.237 e. The molecule has 4 nitrogen and oxygen atoms in total. The lowest BCUT2D eigenvalue weighted by molar-refractivity contribution is -0.123. The predicted octanol–water partition coefficient (Wildman–Crippen LogP) is 1.19. The van der Waals surface area contributed by atoms with Gasteiger partial charge in [0, 0.05) is 6.54 Å². The molecule has 1 fully saturated rings. The third-order valence-corrected chi connectivity index (χ3v) is 3.31. The van der Waals surface area contributed by atoms with Crippen molar-refractivity contribution in [3.63, 3.8) is 0 Å². The third kappa shape index (κ3) is 3.47. The van der Waals surface area contributed by atoms with E-state index in [4.69, 9.17) is 0 Å². The zero-order valence-corrected chi connectivity index (χ0v) is 10.5. The molecule has 0 aromatic heterocycles. The van der Waals surface area contributed by atoms with E-state index in [1.165, 1.54) is 0 Å². The van der Waals surface area contributed by atoms with Gasteiger partial charge >= 0.3 is 0 Å². The van der Waals surface area contributed by atoms with Gasteiger partial charge in [-0.3, -0.25) is 4.79 Å². The van der Waals surface area contributed by atoms with Crippen LogP contribution < -0.4 is 10.6 Å². The van der Waals surface area contributed by atoms with Crippen LogP contribution in [0.3, 0.4) is 0 Å². The predicted molar refractivity (Wildman–Crippen MR) is 70.5 cm³/mol. The Morgan fingerprint density at radius 2 is 2.22 bits per heavy atom. The quantitative estimate of drug-likeness (QED) is 0.750. The number of carbonyl (C=O) groups is 1. The van der Waals surface area contributed by atoms with Gasteiger partial charge in [-0.15, -0.1) is 0 Å². The zero-order chi connectivity index (χ0) is 12.8. The lowest BCUT2D eigenvalue weighted by Crippen LogP contribution is -2.47. The molecular formula is C14H20N2O2. The third-order valence-electron chi connectivity index (χ3n) is 3.31. The second-order valence-electron chi connectivity index (χ2n) is 4.67. The van der Waals surface area contributed by atoms with Crippen LogP contribution in [0.2, 0.25) is 0 Å². The fourth-order valence-corrected chi connectivity index (χ4v) is 2.24. The SMILES string of the molecule is O=C(NCCc1ccccc1O)C1CCCCN1. The first-order chi connectivity index (χ1) is 8.77. The van der Waals surface area contributed by atoms with Crippen LogP contribution in [-0.4, -0.2) is 30.1 Å². The van der Waals surface area contributed by atoms with Gasteiger partial charge in [0.15, 0.2) is 0 Å². The van der Waals surface area contributed by atoms with E-state index in [2.05, 4.69) is 10.6 Å². The number of nitrogens with one attached hydrogen (secondary N) is 2. The molecule has 0 saturated carbocycles. The molecule has 0 spiro atoms. The number of benzene rings is 1. The van der Waals surface area contributed by atoms with E-state index in [1.54, 1.807) is 12.1 Å². The smallest absolute Gasteiger partial charge is 0.237 e. The molecule has 3 N–H and O–H groups in total. The first-order valence-electron chi connectivity index (χ1n) is 6.55. The van der Waals surface area contributed by atoms with Gasteiger partial charge in [-0.05, 0) is 37.4 Å². The van der Waals surface area contributed by atoms with Crippen LogP contribution in [0, 0.1) is 0 Å². The molecule has 1 aliphatic heterocycles. The highest BCUT2D eigenvalue weighted by Gasteiger charge is 2.19. The van der Waals surface area contributed by atoms with Crippen molar-refractivity contribution in [2.75, 3.05) is 13.1 Å². The lowest BCUT2D eigenvalue weighted by Gasteiger charge is -2.22. The van der Waals surface area contributed by atoms with Crippen molar-refractivity contribution in [2.24, 2.45) is 0 Å². The molecule has 1 aliphatic rings. The topological polar surface area (TPSA) is 61.4 Å². The van der Waals surface area contributed by atoms with Gasteiger partial charge in [0.2, 0.25) is 5.91 Å². The summed E-state index contributed by atoms with van der Waals surface area (Å²) >= 11 is 0. The molecule has 1 saturated heterocycles.